The Balaban J connectivity index is 1.77. The van der Waals surface area contributed by atoms with E-state index < -0.39 is 5.97 Å². The van der Waals surface area contributed by atoms with E-state index in [0.717, 1.165) is 24.2 Å². The molecule has 0 aromatic heterocycles. The molecule has 3 rings (SSSR count). The van der Waals surface area contributed by atoms with Crippen LogP contribution in [0.25, 0.3) is 0 Å². The van der Waals surface area contributed by atoms with Gasteiger partial charge in [-0.2, -0.15) is 0 Å². The van der Waals surface area contributed by atoms with Crippen LogP contribution in [-0.4, -0.2) is 30.2 Å². The van der Waals surface area contributed by atoms with Gasteiger partial charge in [0.25, 0.3) is 0 Å². The molecule has 1 heterocycles. The van der Waals surface area contributed by atoms with Gasteiger partial charge in [0, 0.05) is 18.8 Å². The predicted molar refractivity (Wildman–Crippen MR) is 70.6 cm³/mol. The van der Waals surface area contributed by atoms with Gasteiger partial charge in [-0.25, -0.2) is 9.59 Å². The van der Waals surface area contributed by atoms with E-state index in [0.29, 0.717) is 12.5 Å². The number of rotatable bonds is 3. The zero-order chi connectivity index (χ0) is 13.4. The van der Waals surface area contributed by atoms with E-state index in [4.69, 9.17) is 5.11 Å². The molecule has 0 saturated heterocycles. The molecule has 0 bridgehead atoms. The first-order valence-electron chi connectivity index (χ1n) is 6.57. The molecule has 5 heteroatoms. The highest BCUT2D eigenvalue weighted by Crippen LogP contribution is 2.30. The molecule has 0 atom stereocenters. The number of fused-ring (bicyclic) bond motifs is 1. The van der Waals surface area contributed by atoms with Crippen molar-refractivity contribution in [2.24, 2.45) is 5.92 Å². The molecule has 1 fully saturated rings. The van der Waals surface area contributed by atoms with Crippen molar-refractivity contribution < 1.29 is 14.7 Å². The number of carbonyl (C=O) groups is 2. The molecule has 0 unspecified atom stereocenters. The molecular weight excluding hydrogens is 244 g/mol. The summed E-state index contributed by atoms with van der Waals surface area (Å²) < 4.78 is 0. The van der Waals surface area contributed by atoms with Crippen LogP contribution in [0.5, 0.6) is 0 Å². The Morgan fingerprint density at radius 3 is 2.84 bits per heavy atom. The summed E-state index contributed by atoms with van der Waals surface area (Å²) >= 11 is 0. The Morgan fingerprint density at radius 1 is 1.37 bits per heavy atom. The molecule has 1 aliphatic heterocycles. The number of nitrogens with zero attached hydrogens (tertiary/aromatic N) is 1. The van der Waals surface area contributed by atoms with Crippen LogP contribution in [0.4, 0.5) is 10.5 Å². The first-order valence-corrected chi connectivity index (χ1v) is 6.57. The number of carboxylic acids is 1. The minimum absolute atomic E-state index is 0.117. The molecule has 1 aromatic carbocycles. The second-order valence-electron chi connectivity index (χ2n) is 5.18. The van der Waals surface area contributed by atoms with Gasteiger partial charge in [-0.1, -0.05) is 6.07 Å². The zero-order valence-electron chi connectivity index (χ0n) is 10.6. The topological polar surface area (TPSA) is 69.6 Å². The summed E-state index contributed by atoms with van der Waals surface area (Å²) in [5, 5.41) is 11.9. The Bertz CT molecular complexity index is 537. The highest BCUT2D eigenvalue weighted by molar-refractivity contribution is 5.96. The number of urea groups is 1. The van der Waals surface area contributed by atoms with E-state index in [-0.39, 0.29) is 11.6 Å². The molecule has 1 aliphatic carbocycles. The third-order valence-corrected chi connectivity index (χ3v) is 3.71. The average Bonchev–Trinajstić information content (AvgIpc) is 3.13. The Kier molecular flexibility index (Phi) is 2.89. The van der Waals surface area contributed by atoms with Crippen molar-refractivity contribution in [3.63, 3.8) is 0 Å². The Labute approximate surface area is 111 Å². The number of benzene rings is 1. The summed E-state index contributed by atoms with van der Waals surface area (Å²) in [6.07, 6.45) is 3.17. The van der Waals surface area contributed by atoms with Gasteiger partial charge < -0.3 is 10.4 Å². The normalized spacial score (nSPS) is 17.2. The van der Waals surface area contributed by atoms with Crippen LogP contribution < -0.4 is 10.2 Å². The standard InChI is InChI=1S/C14H16N2O3/c17-13(18)11-4-3-10-5-6-16(12(10)7-11)14(19)15-8-9-1-2-9/h3-4,7,9H,1-2,5-6,8H2,(H,15,19)(H,17,18). The molecule has 5 nitrogen and oxygen atoms in total. The van der Waals surface area contributed by atoms with Crippen LogP contribution >= 0.6 is 0 Å². The highest BCUT2D eigenvalue weighted by atomic mass is 16.4. The molecule has 1 saturated carbocycles. The van der Waals surface area contributed by atoms with Crippen LogP contribution in [0.1, 0.15) is 28.8 Å². The number of carbonyl (C=O) groups excluding carboxylic acids is 1. The SMILES string of the molecule is O=C(O)c1ccc2c(c1)N(C(=O)NCC1CC1)CC2. The van der Waals surface area contributed by atoms with Crippen molar-refractivity contribution in [1.29, 1.82) is 0 Å². The Morgan fingerprint density at radius 2 is 2.16 bits per heavy atom. The van der Waals surface area contributed by atoms with Gasteiger partial charge in [0.05, 0.1) is 5.56 Å². The zero-order valence-corrected chi connectivity index (χ0v) is 10.6. The smallest absolute Gasteiger partial charge is 0.335 e. The van der Waals surface area contributed by atoms with Crippen molar-refractivity contribution in [2.45, 2.75) is 19.3 Å². The number of anilines is 1. The van der Waals surface area contributed by atoms with Crippen LogP contribution in [0.15, 0.2) is 18.2 Å². The number of carboxylic acid groups (broad SMARTS) is 1. The fraction of sp³-hybridized carbons (Fsp3) is 0.429. The summed E-state index contributed by atoms with van der Waals surface area (Å²) in [5.41, 5.74) is 1.99. The van der Waals surface area contributed by atoms with Gasteiger partial charge in [-0.3, -0.25) is 4.90 Å². The second-order valence-corrected chi connectivity index (χ2v) is 5.18. The van der Waals surface area contributed by atoms with E-state index in [2.05, 4.69) is 5.32 Å². The summed E-state index contributed by atoms with van der Waals surface area (Å²) in [6, 6.07) is 4.86. The fourth-order valence-electron chi connectivity index (χ4n) is 2.37. The molecule has 2 N–H and O–H groups in total. The van der Waals surface area contributed by atoms with Crippen molar-refractivity contribution in [1.82, 2.24) is 5.32 Å². The second kappa shape index (κ2) is 4.57. The molecule has 2 aliphatic rings. The van der Waals surface area contributed by atoms with E-state index in [1.54, 1.807) is 23.1 Å². The van der Waals surface area contributed by atoms with Gasteiger partial charge in [0.15, 0.2) is 0 Å². The first-order chi connectivity index (χ1) is 9.15. The molecule has 0 radical (unpaired) electrons. The maximum Gasteiger partial charge on any atom is 0.335 e. The molecule has 2 amide bonds. The third-order valence-electron chi connectivity index (χ3n) is 3.71. The average molecular weight is 260 g/mol. The lowest BCUT2D eigenvalue weighted by molar-refractivity contribution is 0.0697. The fourth-order valence-corrected chi connectivity index (χ4v) is 2.37. The number of aromatic carboxylic acids is 1. The van der Waals surface area contributed by atoms with Crippen LogP contribution in [0.3, 0.4) is 0 Å². The third kappa shape index (κ3) is 2.41. The molecule has 1 aromatic rings. The minimum Gasteiger partial charge on any atom is -0.478 e. The highest BCUT2D eigenvalue weighted by Gasteiger charge is 2.27. The summed E-state index contributed by atoms with van der Waals surface area (Å²) in [6.45, 7) is 1.35. The monoisotopic (exact) mass is 260 g/mol. The lowest BCUT2D eigenvalue weighted by Gasteiger charge is -2.18. The Hall–Kier alpha value is -2.04. The van der Waals surface area contributed by atoms with E-state index >= 15 is 0 Å². The maximum absolute atomic E-state index is 12.1. The van der Waals surface area contributed by atoms with Crippen molar-refractivity contribution in [3.05, 3.63) is 29.3 Å². The van der Waals surface area contributed by atoms with Gasteiger partial charge in [-0.15, -0.1) is 0 Å². The van der Waals surface area contributed by atoms with Crippen molar-refractivity contribution >= 4 is 17.7 Å². The maximum atomic E-state index is 12.1. The summed E-state index contributed by atoms with van der Waals surface area (Å²) in [4.78, 5) is 24.7. The lowest BCUT2D eigenvalue weighted by atomic mass is 10.1. The number of amides is 2. The summed E-state index contributed by atoms with van der Waals surface area (Å²) in [5.74, 6) is -0.329. The first kappa shape index (κ1) is 12.0. The lowest BCUT2D eigenvalue weighted by Crippen LogP contribution is -2.39. The van der Waals surface area contributed by atoms with Crippen molar-refractivity contribution in [3.8, 4) is 0 Å². The molecule has 100 valence electrons. The van der Waals surface area contributed by atoms with Gasteiger partial charge in [-0.05, 0) is 42.9 Å². The van der Waals surface area contributed by atoms with Crippen LogP contribution in [0.2, 0.25) is 0 Å². The number of nitrogens with one attached hydrogen (secondary N) is 1. The largest absolute Gasteiger partial charge is 0.478 e. The molecular formula is C14H16N2O3. The van der Waals surface area contributed by atoms with Gasteiger partial charge in [0.1, 0.15) is 0 Å². The van der Waals surface area contributed by atoms with Crippen LogP contribution in [-0.2, 0) is 6.42 Å². The number of hydrogen-bond acceptors (Lipinski definition) is 2. The van der Waals surface area contributed by atoms with Crippen molar-refractivity contribution in [2.75, 3.05) is 18.0 Å². The predicted octanol–water partition coefficient (Wildman–Crippen LogP) is 1.87. The molecule has 0 spiro atoms. The summed E-state index contributed by atoms with van der Waals surface area (Å²) in [7, 11) is 0. The quantitative estimate of drug-likeness (QED) is 0.871. The number of hydrogen-bond donors (Lipinski definition) is 2. The minimum atomic E-state index is -0.965. The van der Waals surface area contributed by atoms with E-state index in [1.165, 1.54) is 12.8 Å². The molecule has 19 heavy (non-hydrogen) atoms. The van der Waals surface area contributed by atoms with Gasteiger partial charge in [0.2, 0.25) is 0 Å². The van der Waals surface area contributed by atoms with E-state index in [9.17, 15) is 9.59 Å². The van der Waals surface area contributed by atoms with E-state index in [1.807, 2.05) is 0 Å². The van der Waals surface area contributed by atoms with Gasteiger partial charge >= 0.3 is 12.0 Å². The van der Waals surface area contributed by atoms with Crippen LogP contribution in [0, 0.1) is 5.92 Å².